The minimum atomic E-state index is -1.19. The Hall–Kier alpha value is -3.74. The van der Waals surface area contributed by atoms with E-state index in [1.54, 1.807) is 25.4 Å². The third kappa shape index (κ3) is 3.80. The SMILES string of the molecule is CCOC(=O)C1C(=O)/C(=C/c2c[nH]c3ncccc23)OC1=NCc1ccccc1. The fraction of sp³-hybridized carbons (Fsp3) is 0.182. The van der Waals surface area contributed by atoms with Crippen molar-refractivity contribution in [3.05, 3.63) is 71.7 Å². The molecule has 1 N–H and O–H groups in total. The highest BCUT2D eigenvalue weighted by atomic mass is 16.5. The van der Waals surface area contributed by atoms with Crippen LogP contribution in [0.3, 0.4) is 0 Å². The number of esters is 1. The highest BCUT2D eigenvalue weighted by Gasteiger charge is 2.44. The van der Waals surface area contributed by atoms with E-state index >= 15 is 0 Å². The number of nitrogens with one attached hydrogen (secondary N) is 1. The summed E-state index contributed by atoms with van der Waals surface area (Å²) in [4.78, 5) is 37.0. The molecule has 0 amide bonds. The van der Waals surface area contributed by atoms with Crippen LogP contribution in [0.15, 0.2) is 65.6 Å². The van der Waals surface area contributed by atoms with E-state index in [1.165, 1.54) is 0 Å². The van der Waals surface area contributed by atoms with Crippen molar-refractivity contribution in [1.82, 2.24) is 9.97 Å². The van der Waals surface area contributed by atoms with Gasteiger partial charge in [-0.2, -0.15) is 0 Å². The Kier molecular flexibility index (Phi) is 5.20. The number of aromatic amines is 1. The molecular weight excluding hydrogens is 370 g/mol. The maximum atomic E-state index is 12.9. The van der Waals surface area contributed by atoms with Gasteiger partial charge in [0.15, 0.2) is 11.7 Å². The molecule has 1 saturated heterocycles. The van der Waals surface area contributed by atoms with Crippen LogP contribution < -0.4 is 0 Å². The number of carbonyl (C=O) groups is 2. The summed E-state index contributed by atoms with van der Waals surface area (Å²) >= 11 is 0. The lowest BCUT2D eigenvalue weighted by molar-refractivity contribution is -0.147. The number of aliphatic imine (C=N–C) groups is 1. The number of H-pyrrole nitrogens is 1. The number of aromatic nitrogens is 2. The Morgan fingerprint density at radius 3 is 2.90 bits per heavy atom. The van der Waals surface area contributed by atoms with E-state index in [2.05, 4.69) is 15.0 Å². The molecular formula is C22H19N3O4. The Morgan fingerprint density at radius 1 is 1.28 bits per heavy atom. The van der Waals surface area contributed by atoms with Crippen LogP contribution in [0, 0.1) is 5.92 Å². The molecule has 146 valence electrons. The number of fused-ring (bicyclic) bond motifs is 1. The van der Waals surface area contributed by atoms with Gasteiger partial charge < -0.3 is 14.5 Å². The number of ether oxygens (including phenoxy) is 2. The van der Waals surface area contributed by atoms with Crippen LogP contribution in [-0.4, -0.2) is 34.2 Å². The summed E-state index contributed by atoms with van der Waals surface area (Å²) < 4.78 is 10.8. The molecule has 1 aromatic carbocycles. The number of carbonyl (C=O) groups excluding carboxylic acids is 2. The summed E-state index contributed by atoms with van der Waals surface area (Å²) in [7, 11) is 0. The molecule has 1 atom stereocenters. The van der Waals surface area contributed by atoms with Crippen molar-refractivity contribution in [1.29, 1.82) is 0 Å². The van der Waals surface area contributed by atoms with Crippen molar-refractivity contribution in [2.75, 3.05) is 6.61 Å². The summed E-state index contributed by atoms with van der Waals surface area (Å²) in [6.45, 7) is 2.15. The molecule has 2 aromatic heterocycles. The molecule has 0 bridgehead atoms. The first kappa shape index (κ1) is 18.6. The lowest BCUT2D eigenvalue weighted by atomic mass is 10.0. The average molecular weight is 389 g/mol. The zero-order chi connectivity index (χ0) is 20.2. The van der Waals surface area contributed by atoms with Crippen LogP contribution >= 0.6 is 0 Å². The van der Waals surface area contributed by atoms with Crippen LogP contribution in [0.4, 0.5) is 0 Å². The van der Waals surface area contributed by atoms with E-state index in [0.29, 0.717) is 12.2 Å². The van der Waals surface area contributed by atoms with E-state index in [4.69, 9.17) is 9.47 Å². The molecule has 1 fully saturated rings. The van der Waals surface area contributed by atoms with Gasteiger partial charge in [-0.3, -0.25) is 9.59 Å². The zero-order valence-corrected chi connectivity index (χ0v) is 15.8. The standard InChI is InChI=1S/C22H19N3O4/c1-2-28-22(27)18-19(26)17(11-15-13-24-20-16(15)9-6-10-23-20)29-21(18)25-12-14-7-4-3-5-8-14/h3-11,13,18H,2,12H2,1H3,(H,23,24)/b17-11-,25-21?. The zero-order valence-electron chi connectivity index (χ0n) is 15.8. The van der Waals surface area contributed by atoms with Crippen molar-refractivity contribution in [3.8, 4) is 0 Å². The molecule has 0 radical (unpaired) electrons. The maximum absolute atomic E-state index is 12.9. The molecule has 1 aliphatic rings. The van der Waals surface area contributed by atoms with Gasteiger partial charge in [0.05, 0.1) is 13.2 Å². The van der Waals surface area contributed by atoms with Crippen molar-refractivity contribution in [2.45, 2.75) is 13.5 Å². The molecule has 0 saturated carbocycles. The summed E-state index contributed by atoms with van der Waals surface area (Å²) in [5.74, 6) is -2.20. The summed E-state index contributed by atoms with van der Waals surface area (Å²) in [6.07, 6.45) is 5.01. The van der Waals surface area contributed by atoms with Crippen LogP contribution in [0.2, 0.25) is 0 Å². The van der Waals surface area contributed by atoms with Crippen LogP contribution in [0.5, 0.6) is 0 Å². The third-order valence-electron chi connectivity index (χ3n) is 4.52. The predicted molar refractivity (Wildman–Crippen MR) is 108 cm³/mol. The minimum absolute atomic E-state index is 0.0552. The second kappa shape index (κ2) is 8.10. The highest BCUT2D eigenvalue weighted by molar-refractivity contribution is 6.27. The molecule has 7 heteroatoms. The average Bonchev–Trinajstić information content (AvgIpc) is 3.29. The van der Waals surface area contributed by atoms with Gasteiger partial charge in [-0.05, 0) is 30.7 Å². The first-order valence-corrected chi connectivity index (χ1v) is 9.28. The monoisotopic (exact) mass is 389 g/mol. The van der Waals surface area contributed by atoms with Gasteiger partial charge in [0.2, 0.25) is 11.7 Å². The van der Waals surface area contributed by atoms with Gasteiger partial charge in [-0.15, -0.1) is 0 Å². The first-order chi connectivity index (χ1) is 14.2. The van der Waals surface area contributed by atoms with Gasteiger partial charge in [-0.1, -0.05) is 30.3 Å². The van der Waals surface area contributed by atoms with E-state index in [0.717, 1.165) is 16.5 Å². The second-order valence-corrected chi connectivity index (χ2v) is 6.44. The minimum Gasteiger partial charge on any atom is -0.465 e. The predicted octanol–water partition coefficient (Wildman–Crippen LogP) is 3.28. The molecule has 1 aliphatic heterocycles. The van der Waals surface area contributed by atoms with Crippen molar-refractivity contribution in [3.63, 3.8) is 0 Å². The summed E-state index contributed by atoms with van der Waals surface area (Å²) in [5, 5.41) is 0.846. The second-order valence-electron chi connectivity index (χ2n) is 6.44. The third-order valence-corrected chi connectivity index (χ3v) is 4.52. The van der Waals surface area contributed by atoms with E-state index < -0.39 is 17.7 Å². The fourth-order valence-electron chi connectivity index (χ4n) is 3.12. The van der Waals surface area contributed by atoms with Crippen molar-refractivity contribution in [2.24, 2.45) is 10.9 Å². The molecule has 3 heterocycles. The maximum Gasteiger partial charge on any atom is 0.326 e. The number of Topliss-reactive ketones (excluding diaryl/α,β-unsaturated/α-hetero) is 1. The normalized spacial score (nSPS) is 19.1. The number of rotatable bonds is 5. The molecule has 7 nitrogen and oxygen atoms in total. The number of benzene rings is 1. The number of hydrogen-bond donors (Lipinski definition) is 1. The highest BCUT2D eigenvalue weighted by Crippen LogP contribution is 2.28. The van der Waals surface area contributed by atoms with E-state index in [-0.39, 0.29) is 18.3 Å². The summed E-state index contributed by atoms with van der Waals surface area (Å²) in [5.41, 5.74) is 2.38. The molecule has 0 spiro atoms. The molecule has 3 aromatic rings. The van der Waals surface area contributed by atoms with Gasteiger partial charge >= 0.3 is 5.97 Å². The Bertz CT molecular complexity index is 1120. The Morgan fingerprint density at radius 2 is 2.10 bits per heavy atom. The van der Waals surface area contributed by atoms with Gasteiger partial charge in [-0.25, -0.2) is 9.98 Å². The molecule has 1 unspecified atom stereocenters. The van der Waals surface area contributed by atoms with E-state index in [1.807, 2.05) is 42.5 Å². The van der Waals surface area contributed by atoms with Gasteiger partial charge in [0, 0.05) is 23.3 Å². The topological polar surface area (TPSA) is 93.6 Å². The number of pyridine rings is 1. The Balaban J connectivity index is 1.67. The largest absolute Gasteiger partial charge is 0.465 e. The van der Waals surface area contributed by atoms with Crippen molar-refractivity contribution < 1.29 is 19.1 Å². The lowest BCUT2D eigenvalue weighted by Crippen LogP contribution is -2.27. The van der Waals surface area contributed by atoms with Crippen LogP contribution in [-0.2, 0) is 25.6 Å². The Labute approximate surface area is 167 Å². The quantitative estimate of drug-likeness (QED) is 0.411. The number of hydrogen-bond acceptors (Lipinski definition) is 6. The molecule has 29 heavy (non-hydrogen) atoms. The molecule has 0 aliphatic carbocycles. The summed E-state index contributed by atoms with van der Waals surface area (Å²) in [6, 6.07) is 13.2. The smallest absolute Gasteiger partial charge is 0.326 e. The van der Waals surface area contributed by atoms with Gasteiger partial charge in [0.1, 0.15) is 5.65 Å². The fourth-order valence-corrected chi connectivity index (χ4v) is 3.12. The van der Waals surface area contributed by atoms with Gasteiger partial charge in [0.25, 0.3) is 0 Å². The number of nitrogens with zero attached hydrogens (tertiary/aromatic N) is 2. The van der Waals surface area contributed by atoms with E-state index in [9.17, 15) is 9.59 Å². The lowest BCUT2D eigenvalue weighted by Gasteiger charge is -2.06. The van der Waals surface area contributed by atoms with Crippen molar-refractivity contribution >= 4 is 34.8 Å². The number of allylic oxidation sites excluding steroid dienone is 1. The van der Waals surface area contributed by atoms with Crippen LogP contribution in [0.1, 0.15) is 18.1 Å². The van der Waals surface area contributed by atoms with Crippen LogP contribution in [0.25, 0.3) is 17.1 Å². The first-order valence-electron chi connectivity index (χ1n) is 9.28. The molecule has 4 rings (SSSR count). The number of ketones is 1.